The molecule has 1 aromatic heterocycles. The van der Waals surface area contributed by atoms with Gasteiger partial charge in [-0.2, -0.15) is 0 Å². The van der Waals surface area contributed by atoms with Gasteiger partial charge in [-0.3, -0.25) is 0 Å². The molecule has 1 saturated carbocycles. The van der Waals surface area contributed by atoms with Gasteiger partial charge in [0.05, 0.1) is 10.7 Å². The fraction of sp³-hybridized carbons (Fsp3) is 0.545. The van der Waals surface area contributed by atoms with E-state index in [9.17, 15) is 0 Å². The highest BCUT2D eigenvalue weighted by atomic mass is 35.5. The molecular weight excluding hydrogens is 210 g/mol. The first-order valence-corrected chi connectivity index (χ1v) is 5.70. The monoisotopic (exact) mass is 225 g/mol. The molecule has 1 fully saturated rings. The molecule has 1 aromatic rings. The number of hydrogen-bond acceptors (Lipinski definition) is 3. The molecule has 2 rings (SSSR count). The molecule has 1 aliphatic rings. The smallest absolute Gasteiger partial charge is 0.151 e. The van der Waals surface area contributed by atoms with E-state index in [2.05, 4.69) is 16.9 Å². The van der Waals surface area contributed by atoms with Gasteiger partial charge < -0.3 is 10.6 Å². The number of nitrogens with zero attached hydrogens (tertiary/aromatic N) is 2. The Morgan fingerprint density at radius 3 is 2.73 bits per heavy atom. The van der Waals surface area contributed by atoms with Crippen LogP contribution in [0.3, 0.4) is 0 Å². The Hall–Kier alpha value is -0.960. The number of nitrogen functional groups attached to an aromatic ring is 1. The predicted octanol–water partition coefficient (Wildman–Crippen LogP) is 2.70. The zero-order valence-electron chi connectivity index (χ0n) is 8.91. The predicted molar refractivity (Wildman–Crippen MR) is 64.3 cm³/mol. The second-order valence-electron chi connectivity index (χ2n) is 4.12. The third kappa shape index (κ3) is 2.17. The van der Waals surface area contributed by atoms with E-state index in [1.807, 2.05) is 0 Å². The van der Waals surface area contributed by atoms with E-state index in [-0.39, 0.29) is 0 Å². The van der Waals surface area contributed by atoms with Crippen LogP contribution in [0.2, 0.25) is 5.02 Å². The highest BCUT2D eigenvalue weighted by Crippen LogP contribution is 2.29. The molecule has 0 atom stereocenters. The van der Waals surface area contributed by atoms with Crippen molar-refractivity contribution in [3.63, 3.8) is 0 Å². The molecule has 0 unspecified atom stereocenters. The van der Waals surface area contributed by atoms with Crippen LogP contribution in [0.5, 0.6) is 0 Å². The van der Waals surface area contributed by atoms with Crippen LogP contribution >= 0.6 is 11.6 Å². The summed E-state index contributed by atoms with van der Waals surface area (Å²) in [6, 6.07) is 2.34. The first kappa shape index (κ1) is 10.6. The molecule has 0 aromatic carbocycles. The van der Waals surface area contributed by atoms with Crippen molar-refractivity contribution in [1.82, 2.24) is 4.98 Å². The molecular formula is C11H16ClN3. The third-order valence-corrected chi connectivity index (χ3v) is 3.27. The van der Waals surface area contributed by atoms with E-state index in [4.69, 9.17) is 17.3 Å². The van der Waals surface area contributed by atoms with Gasteiger partial charge in [-0.25, -0.2) is 4.98 Å². The number of anilines is 2. The van der Waals surface area contributed by atoms with Crippen molar-refractivity contribution in [3.8, 4) is 0 Å². The van der Waals surface area contributed by atoms with Crippen LogP contribution in [0.15, 0.2) is 12.3 Å². The normalized spacial score (nSPS) is 16.9. The number of rotatable bonds is 2. The summed E-state index contributed by atoms with van der Waals surface area (Å²) in [5.74, 6) is 0.853. The Kier molecular flexibility index (Phi) is 3.00. The Morgan fingerprint density at radius 2 is 2.13 bits per heavy atom. The van der Waals surface area contributed by atoms with Gasteiger partial charge in [-0.15, -0.1) is 0 Å². The van der Waals surface area contributed by atoms with E-state index in [0.717, 1.165) is 5.82 Å². The standard InChI is InChI=1S/C11H16ClN3/c1-15(9-4-2-3-5-9)11-10(13)6-8(12)7-14-11/h6-7,9H,2-5,13H2,1H3. The molecule has 1 heterocycles. The van der Waals surface area contributed by atoms with Crippen molar-refractivity contribution in [3.05, 3.63) is 17.3 Å². The highest BCUT2D eigenvalue weighted by molar-refractivity contribution is 6.30. The van der Waals surface area contributed by atoms with Crippen molar-refractivity contribution in [2.45, 2.75) is 31.7 Å². The van der Waals surface area contributed by atoms with Gasteiger partial charge in [0.25, 0.3) is 0 Å². The lowest BCUT2D eigenvalue weighted by atomic mass is 10.2. The topological polar surface area (TPSA) is 42.2 Å². The van der Waals surface area contributed by atoms with Gasteiger partial charge in [0, 0.05) is 19.3 Å². The summed E-state index contributed by atoms with van der Waals surface area (Å²) in [6.07, 6.45) is 6.74. The molecule has 1 aliphatic carbocycles. The van der Waals surface area contributed by atoms with Crippen LogP contribution in [0, 0.1) is 0 Å². The summed E-state index contributed by atoms with van der Waals surface area (Å²) in [7, 11) is 2.06. The fourth-order valence-electron chi connectivity index (χ4n) is 2.21. The Bertz CT molecular complexity index is 348. The molecule has 0 bridgehead atoms. The lowest BCUT2D eigenvalue weighted by Gasteiger charge is -2.26. The van der Waals surface area contributed by atoms with Gasteiger partial charge >= 0.3 is 0 Å². The summed E-state index contributed by atoms with van der Waals surface area (Å²) in [6.45, 7) is 0. The third-order valence-electron chi connectivity index (χ3n) is 3.07. The van der Waals surface area contributed by atoms with E-state index >= 15 is 0 Å². The molecule has 0 amide bonds. The molecule has 82 valence electrons. The molecule has 3 nitrogen and oxygen atoms in total. The maximum absolute atomic E-state index is 5.90. The maximum atomic E-state index is 5.90. The number of hydrogen-bond donors (Lipinski definition) is 1. The van der Waals surface area contributed by atoms with Crippen LogP contribution in [0.1, 0.15) is 25.7 Å². The van der Waals surface area contributed by atoms with Crippen LogP contribution in [0.4, 0.5) is 11.5 Å². The van der Waals surface area contributed by atoms with Crippen LogP contribution in [-0.4, -0.2) is 18.1 Å². The van der Waals surface area contributed by atoms with Crippen molar-refractivity contribution < 1.29 is 0 Å². The summed E-state index contributed by atoms with van der Waals surface area (Å²) >= 11 is 5.82. The maximum Gasteiger partial charge on any atom is 0.151 e. The van der Waals surface area contributed by atoms with E-state index in [1.54, 1.807) is 12.3 Å². The Morgan fingerprint density at radius 1 is 1.47 bits per heavy atom. The fourth-order valence-corrected chi connectivity index (χ4v) is 2.37. The minimum atomic E-state index is 0.584. The number of nitrogens with two attached hydrogens (primary N) is 1. The van der Waals surface area contributed by atoms with Gasteiger partial charge in [-0.1, -0.05) is 24.4 Å². The lowest BCUT2D eigenvalue weighted by Crippen LogP contribution is -2.30. The van der Waals surface area contributed by atoms with Crippen molar-refractivity contribution in [1.29, 1.82) is 0 Å². The largest absolute Gasteiger partial charge is 0.396 e. The molecule has 4 heteroatoms. The molecule has 0 saturated heterocycles. The molecule has 15 heavy (non-hydrogen) atoms. The van der Waals surface area contributed by atoms with E-state index in [1.165, 1.54) is 25.7 Å². The zero-order chi connectivity index (χ0) is 10.8. The summed E-state index contributed by atoms with van der Waals surface area (Å²) in [5.41, 5.74) is 6.57. The van der Waals surface area contributed by atoms with E-state index in [0.29, 0.717) is 16.8 Å². The average Bonchev–Trinajstić information content (AvgIpc) is 2.69. The van der Waals surface area contributed by atoms with Crippen LogP contribution in [-0.2, 0) is 0 Å². The molecule has 2 N–H and O–H groups in total. The van der Waals surface area contributed by atoms with Crippen molar-refractivity contribution in [2.24, 2.45) is 0 Å². The number of aromatic nitrogens is 1. The van der Waals surface area contributed by atoms with Gasteiger partial charge in [-0.05, 0) is 18.9 Å². The minimum absolute atomic E-state index is 0.584. The second-order valence-corrected chi connectivity index (χ2v) is 4.55. The van der Waals surface area contributed by atoms with Crippen LogP contribution < -0.4 is 10.6 Å². The molecule has 0 aliphatic heterocycles. The lowest BCUT2D eigenvalue weighted by molar-refractivity contribution is 0.647. The first-order valence-electron chi connectivity index (χ1n) is 5.32. The molecule has 0 spiro atoms. The SMILES string of the molecule is CN(c1ncc(Cl)cc1N)C1CCCC1. The van der Waals surface area contributed by atoms with Gasteiger partial charge in [0.1, 0.15) is 0 Å². The second kappa shape index (κ2) is 4.27. The van der Waals surface area contributed by atoms with E-state index < -0.39 is 0 Å². The minimum Gasteiger partial charge on any atom is -0.396 e. The van der Waals surface area contributed by atoms with Crippen molar-refractivity contribution >= 4 is 23.1 Å². The number of halogens is 1. The summed E-state index contributed by atoms with van der Waals surface area (Å²) < 4.78 is 0. The van der Waals surface area contributed by atoms with Crippen molar-refractivity contribution in [2.75, 3.05) is 17.7 Å². The first-order chi connectivity index (χ1) is 7.18. The quantitative estimate of drug-likeness (QED) is 0.842. The summed E-state index contributed by atoms with van der Waals surface area (Å²) in [5, 5.41) is 0.594. The molecule has 0 radical (unpaired) electrons. The number of pyridine rings is 1. The van der Waals surface area contributed by atoms with Gasteiger partial charge in [0.2, 0.25) is 0 Å². The zero-order valence-corrected chi connectivity index (χ0v) is 9.67. The average molecular weight is 226 g/mol. The van der Waals surface area contributed by atoms with Crippen LogP contribution in [0.25, 0.3) is 0 Å². The Labute approximate surface area is 95.2 Å². The Balaban J connectivity index is 2.20. The summed E-state index contributed by atoms with van der Waals surface area (Å²) in [4.78, 5) is 6.47. The van der Waals surface area contributed by atoms with Gasteiger partial charge in [0.15, 0.2) is 5.82 Å². The highest BCUT2D eigenvalue weighted by Gasteiger charge is 2.21.